The Labute approximate surface area is 401 Å². The first-order valence-electron chi connectivity index (χ1n) is 22.4. The fourth-order valence-electron chi connectivity index (χ4n) is 11.2. The van der Waals surface area contributed by atoms with Crippen molar-refractivity contribution >= 4 is 83.6 Å². The van der Waals surface area contributed by atoms with E-state index < -0.39 is 8.07 Å². The number of aromatic nitrogens is 2. The third-order valence-corrected chi connectivity index (χ3v) is 18.8. The SMILES string of the molecule is Cc1cc2c(-c3ccc4c(c3)c3ccccc3n4C)cccc2[c-]1[Si](C)(CCCCCCOC(C)(C)C)[c-]1c(C)cc2c(-c3ccc4c(c3)c3ccccc3n4C)cccc21.[CH3-].[CH3-].[Zr+4]. The molecule has 0 aliphatic heterocycles. The summed E-state index contributed by atoms with van der Waals surface area (Å²) >= 11 is 0. The van der Waals surface area contributed by atoms with Gasteiger partial charge >= 0.3 is 26.2 Å². The number of para-hydroxylation sites is 2. The van der Waals surface area contributed by atoms with Crippen molar-refractivity contribution in [2.75, 3.05) is 6.61 Å². The maximum Gasteiger partial charge on any atom is 4.00 e. The standard InChI is InChI=1S/C57H58N2OSi.2CH3.Zr/c1-37-33-47-41(39-27-29-53-49(35-39)43-19-11-13-25-51(43)58(53)6)21-17-23-45(47)55(37)61(8,32-16-10-9-15-31-60-57(3,4)5)56-38(2)34-48-42(22-18-24-46(48)56)40-28-30-54-50(36-40)44-20-12-14-26-52(44)59(54)7;;;/h11-14,17-30,33-36H,9-10,15-16,31-32H2,1-8H3;2*1H3;/q-2;2*-1;+4. The average Bonchev–Trinajstić information content (AvgIpc) is 3.96. The third kappa shape index (κ3) is 7.90. The summed E-state index contributed by atoms with van der Waals surface area (Å²) in [5.41, 5.74) is 13.1. The van der Waals surface area contributed by atoms with Gasteiger partial charge < -0.3 is 28.7 Å². The fraction of sp³-hybridized carbons (Fsp3) is 0.254. The predicted octanol–water partition coefficient (Wildman–Crippen LogP) is 15.1. The number of fused-ring (bicyclic) bond motifs is 8. The predicted molar refractivity (Wildman–Crippen MR) is 280 cm³/mol. The summed E-state index contributed by atoms with van der Waals surface area (Å²) in [6.45, 7) is 14.8. The second kappa shape index (κ2) is 18.2. The third-order valence-electron chi connectivity index (χ3n) is 13.9. The molecule has 0 saturated heterocycles. The van der Waals surface area contributed by atoms with E-state index in [1.54, 1.807) is 10.4 Å². The van der Waals surface area contributed by atoms with E-state index in [9.17, 15) is 0 Å². The van der Waals surface area contributed by atoms with E-state index in [2.05, 4.69) is 198 Å². The van der Waals surface area contributed by atoms with Gasteiger partial charge in [0.1, 0.15) is 0 Å². The van der Waals surface area contributed by atoms with E-state index in [0.29, 0.717) is 0 Å². The maximum absolute atomic E-state index is 6.12. The van der Waals surface area contributed by atoms with Crippen LogP contribution < -0.4 is 10.4 Å². The van der Waals surface area contributed by atoms with Crippen molar-refractivity contribution in [1.82, 2.24) is 9.13 Å². The molecular formula is C59H64N2OSiZr. The smallest absolute Gasteiger partial charge is 0.376 e. The van der Waals surface area contributed by atoms with Crippen LogP contribution in [0.5, 0.6) is 0 Å². The number of aryl methyl sites for hydroxylation is 4. The van der Waals surface area contributed by atoms with Gasteiger partial charge in [0.25, 0.3) is 0 Å². The quantitative estimate of drug-likeness (QED) is 0.0718. The molecule has 324 valence electrons. The number of hydrogen-bond acceptors (Lipinski definition) is 1. The summed E-state index contributed by atoms with van der Waals surface area (Å²) < 4.78 is 10.8. The van der Waals surface area contributed by atoms with Gasteiger partial charge in [-0.1, -0.05) is 117 Å². The Morgan fingerprint density at radius 2 is 0.938 bits per heavy atom. The van der Waals surface area contributed by atoms with Crippen LogP contribution in [0.3, 0.4) is 0 Å². The monoisotopic (exact) mass is 934 g/mol. The minimum absolute atomic E-state index is 0. The first-order valence-corrected chi connectivity index (χ1v) is 25.1. The van der Waals surface area contributed by atoms with Gasteiger partial charge in [-0.05, 0) is 74.7 Å². The summed E-state index contributed by atoms with van der Waals surface area (Å²) in [4.78, 5) is 0. The molecule has 0 unspecified atom stereocenters. The van der Waals surface area contributed by atoms with Crippen LogP contribution in [0.15, 0.2) is 133 Å². The van der Waals surface area contributed by atoms with Crippen LogP contribution in [0.25, 0.3) is 87.4 Å². The normalized spacial score (nSPS) is 12.1. The molecule has 0 saturated carbocycles. The van der Waals surface area contributed by atoms with Crippen molar-refractivity contribution in [1.29, 1.82) is 0 Å². The van der Waals surface area contributed by atoms with Crippen LogP contribution in [0.2, 0.25) is 12.6 Å². The van der Waals surface area contributed by atoms with Crippen LogP contribution in [0, 0.1) is 28.7 Å². The van der Waals surface area contributed by atoms with Gasteiger partial charge in [0.2, 0.25) is 0 Å². The topological polar surface area (TPSA) is 19.1 Å². The van der Waals surface area contributed by atoms with E-state index in [1.807, 2.05) is 0 Å². The van der Waals surface area contributed by atoms with Crippen LogP contribution >= 0.6 is 0 Å². The summed E-state index contributed by atoms with van der Waals surface area (Å²) in [5, 5.41) is 14.1. The summed E-state index contributed by atoms with van der Waals surface area (Å²) in [6.07, 6.45) is 4.74. The van der Waals surface area contributed by atoms with Crippen LogP contribution in [-0.2, 0) is 45.0 Å². The molecule has 0 aliphatic rings. The van der Waals surface area contributed by atoms with Crippen LogP contribution in [-0.4, -0.2) is 29.4 Å². The van der Waals surface area contributed by atoms with Gasteiger partial charge in [0.15, 0.2) is 0 Å². The molecular weight excluding hydrogens is 872 g/mol. The number of ether oxygens (including phenoxy) is 1. The van der Waals surface area contributed by atoms with Crippen molar-refractivity contribution in [3.8, 4) is 22.3 Å². The first-order chi connectivity index (χ1) is 29.4. The zero-order valence-corrected chi connectivity index (χ0v) is 43.2. The minimum Gasteiger partial charge on any atom is -0.376 e. The molecule has 3 nitrogen and oxygen atoms in total. The average molecular weight is 936 g/mol. The Kier molecular flexibility index (Phi) is 13.4. The number of rotatable bonds is 11. The zero-order valence-electron chi connectivity index (χ0n) is 39.7. The number of nitrogens with zero attached hydrogens (tertiary/aromatic N) is 2. The van der Waals surface area contributed by atoms with E-state index in [1.165, 1.54) is 124 Å². The fourth-order valence-corrected chi connectivity index (χ4v) is 16.4. The molecule has 0 spiro atoms. The van der Waals surface area contributed by atoms with Gasteiger partial charge in [-0.15, -0.1) is 67.3 Å². The number of unbranched alkanes of at least 4 members (excludes halogenated alkanes) is 3. The Hall–Kier alpha value is -4.80. The minimum atomic E-state index is -2.35. The summed E-state index contributed by atoms with van der Waals surface area (Å²) in [7, 11) is 2.02. The Morgan fingerprint density at radius 3 is 1.41 bits per heavy atom. The number of hydrogen-bond donors (Lipinski definition) is 0. The van der Waals surface area contributed by atoms with Gasteiger partial charge in [0, 0.05) is 72.4 Å². The Balaban J connectivity index is 0.00000204. The van der Waals surface area contributed by atoms with Crippen molar-refractivity contribution in [2.45, 2.75) is 78.5 Å². The molecule has 0 amide bonds. The van der Waals surface area contributed by atoms with Crippen molar-refractivity contribution in [2.24, 2.45) is 14.1 Å². The van der Waals surface area contributed by atoms with Crippen LogP contribution in [0.4, 0.5) is 0 Å². The molecule has 0 N–H and O–H groups in total. The molecule has 2 heterocycles. The zero-order chi connectivity index (χ0) is 42.2. The molecule has 0 fully saturated rings. The van der Waals surface area contributed by atoms with E-state index in [-0.39, 0.29) is 46.7 Å². The Morgan fingerprint density at radius 1 is 0.500 bits per heavy atom. The van der Waals surface area contributed by atoms with Crippen molar-refractivity contribution in [3.05, 3.63) is 159 Å². The second-order valence-corrected chi connectivity index (χ2v) is 23.2. The molecule has 0 radical (unpaired) electrons. The van der Waals surface area contributed by atoms with Gasteiger partial charge in [0.05, 0.1) is 5.60 Å². The molecule has 0 bridgehead atoms. The molecule has 0 aliphatic carbocycles. The molecule has 10 aromatic rings. The molecule has 5 heteroatoms. The summed E-state index contributed by atoms with van der Waals surface area (Å²) in [6, 6.07) is 52.2. The van der Waals surface area contributed by atoms with Crippen molar-refractivity contribution < 1.29 is 30.9 Å². The van der Waals surface area contributed by atoms with Gasteiger partial charge in [-0.25, -0.2) is 0 Å². The first kappa shape index (κ1) is 47.2. The van der Waals surface area contributed by atoms with Gasteiger partial charge in [-0.2, -0.15) is 12.1 Å². The van der Waals surface area contributed by atoms with Crippen LogP contribution in [0.1, 0.15) is 57.6 Å². The number of benzene rings is 6. The largest absolute Gasteiger partial charge is 4.00 e. The molecule has 10 rings (SSSR count). The molecule has 64 heavy (non-hydrogen) atoms. The maximum atomic E-state index is 6.12. The van der Waals surface area contributed by atoms with Crippen molar-refractivity contribution in [3.63, 3.8) is 0 Å². The van der Waals surface area contributed by atoms with E-state index >= 15 is 0 Å². The molecule has 8 aromatic carbocycles. The second-order valence-electron chi connectivity index (χ2n) is 19.0. The van der Waals surface area contributed by atoms with E-state index in [0.717, 1.165) is 13.0 Å². The summed E-state index contributed by atoms with van der Waals surface area (Å²) in [5.74, 6) is 0. The van der Waals surface area contributed by atoms with Gasteiger partial charge in [-0.3, -0.25) is 0 Å². The Bertz CT molecular complexity index is 3090. The van der Waals surface area contributed by atoms with E-state index in [4.69, 9.17) is 4.74 Å². The molecule has 2 aromatic heterocycles. The molecule has 0 atom stereocenters.